The minimum Gasteiger partial charge on any atom is -0.350 e. The predicted molar refractivity (Wildman–Crippen MR) is 61.0 cm³/mol. The number of hydrogen-bond acceptors (Lipinski definition) is 4. The van der Waals surface area contributed by atoms with Gasteiger partial charge in [-0.15, -0.1) is 0 Å². The third kappa shape index (κ3) is 2.82. The Balaban J connectivity index is 1.99. The highest BCUT2D eigenvalue weighted by molar-refractivity contribution is 5.93. The van der Waals surface area contributed by atoms with E-state index in [-0.39, 0.29) is 11.6 Å². The molecule has 1 aromatic rings. The van der Waals surface area contributed by atoms with Crippen LogP contribution in [0.4, 0.5) is 0 Å². The van der Waals surface area contributed by atoms with Gasteiger partial charge in [0.05, 0.1) is 0 Å². The summed E-state index contributed by atoms with van der Waals surface area (Å²) in [6.45, 7) is 1.44. The molecule has 0 aromatic carbocycles. The molecule has 0 bridgehead atoms. The fourth-order valence-corrected chi connectivity index (χ4v) is 1.82. The van der Waals surface area contributed by atoms with E-state index in [1.54, 1.807) is 0 Å². The lowest BCUT2D eigenvalue weighted by atomic mass is 10.2. The molecular weight excluding hydrogens is 224 g/mol. The van der Waals surface area contributed by atoms with Crippen LogP contribution in [0, 0.1) is 0 Å². The molecule has 1 fully saturated rings. The molecule has 1 amide bonds. The minimum absolute atomic E-state index is 0.0809. The Hall–Kier alpha value is -1.89. The monoisotopic (exact) mass is 238 g/mol. The van der Waals surface area contributed by atoms with E-state index in [9.17, 15) is 14.4 Å². The largest absolute Gasteiger partial charge is 0.350 e. The molecule has 2 heterocycles. The molecular formula is C10H14N4O3. The average molecular weight is 238 g/mol. The maximum absolute atomic E-state index is 11.7. The molecule has 0 spiro atoms. The van der Waals surface area contributed by atoms with Crippen molar-refractivity contribution in [1.82, 2.24) is 20.6 Å². The number of amides is 1. The molecule has 1 aliphatic rings. The summed E-state index contributed by atoms with van der Waals surface area (Å²) in [5.74, 6) is -0.476. The summed E-state index contributed by atoms with van der Waals surface area (Å²) >= 11 is 0. The quantitative estimate of drug-likeness (QED) is 0.516. The molecule has 92 valence electrons. The van der Waals surface area contributed by atoms with Gasteiger partial charge in [-0.3, -0.25) is 14.6 Å². The van der Waals surface area contributed by atoms with Gasteiger partial charge in [-0.25, -0.2) is 4.79 Å². The van der Waals surface area contributed by atoms with E-state index < -0.39 is 17.2 Å². The van der Waals surface area contributed by atoms with Gasteiger partial charge in [0.25, 0.3) is 11.5 Å². The second-order valence-corrected chi connectivity index (χ2v) is 3.99. The fraction of sp³-hybridized carbons (Fsp3) is 0.500. The standard InChI is InChI=1S/C10H14N4O3/c15-8(12-4-6-2-1-3-11-6)7-5-13-10(17)14-9(7)16/h5-6,11H,1-4H2,(H,12,15)(H2,13,14,16,17). The zero-order valence-corrected chi connectivity index (χ0v) is 9.21. The van der Waals surface area contributed by atoms with Crippen molar-refractivity contribution in [2.75, 3.05) is 13.1 Å². The Morgan fingerprint density at radius 1 is 1.47 bits per heavy atom. The molecule has 0 aliphatic carbocycles. The third-order valence-corrected chi connectivity index (χ3v) is 2.74. The highest BCUT2D eigenvalue weighted by Gasteiger charge is 2.16. The SMILES string of the molecule is O=C(NCC1CCCN1)c1c[nH]c(=O)[nH]c1=O. The molecule has 1 atom stereocenters. The van der Waals surface area contributed by atoms with Crippen LogP contribution in [0.15, 0.2) is 15.8 Å². The third-order valence-electron chi connectivity index (χ3n) is 2.74. The van der Waals surface area contributed by atoms with E-state index in [4.69, 9.17) is 0 Å². The molecule has 1 aliphatic heterocycles. The lowest BCUT2D eigenvalue weighted by Gasteiger charge is -2.10. The fourth-order valence-electron chi connectivity index (χ4n) is 1.82. The van der Waals surface area contributed by atoms with Crippen molar-refractivity contribution in [1.29, 1.82) is 0 Å². The Labute approximate surface area is 96.6 Å². The molecule has 1 saturated heterocycles. The van der Waals surface area contributed by atoms with Gasteiger partial charge < -0.3 is 15.6 Å². The molecule has 1 unspecified atom stereocenters. The summed E-state index contributed by atoms with van der Waals surface area (Å²) < 4.78 is 0. The lowest BCUT2D eigenvalue weighted by Crippen LogP contribution is -2.40. The summed E-state index contributed by atoms with van der Waals surface area (Å²) in [4.78, 5) is 38.0. The minimum atomic E-state index is -0.675. The van der Waals surface area contributed by atoms with Crippen molar-refractivity contribution < 1.29 is 4.79 Å². The average Bonchev–Trinajstić information content (AvgIpc) is 2.78. The Kier molecular flexibility index (Phi) is 3.38. The summed E-state index contributed by atoms with van der Waals surface area (Å²) in [5.41, 5.74) is -1.38. The highest BCUT2D eigenvalue weighted by atomic mass is 16.2. The van der Waals surface area contributed by atoms with E-state index in [0.717, 1.165) is 25.6 Å². The van der Waals surface area contributed by atoms with Crippen LogP contribution in [-0.2, 0) is 0 Å². The van der Waals surface area contributed by atoms with Crippen LogP contribution in [-0.4, -0.2) is 35.0 Å². The first kappa shape index (κ1) is 11.6. The first-order valence-corrected chi connectivity index (χ1v) is 5.50. The second-order valence-electron chi connectivity index (χ2n) is 3.99. The normalized spacial score (nSPS) is 19.2. The number of nitrogens with one attached hydrogen (secondary N) is 4. The summed E-state index contributed by atoms with van der Waals surface area (Å²) in [7, 11) is 0. The summed E-state index contributed by atoms with van der Waals surface area (Å²) in [5, 5.41) is 5.89. The number of rotatable bonds is 3. The summed E-state index contributed by atoms with van der Waals surface area (Å²) in [6.07, 6.45) is 3.24. The van der Waals surface area contributed by atoms with Crippen molar-refractivity contribution in [2.45, 2.75) is 18.9 Å². The van der Waals surface area contributed by atoms with Crippen molar-refractivity contribution in [3.8, 4) is 0 Å². The van der Waals surface area contributed by atoms with Crippen molar-refractivity contribution in [3.05, 3.63) is 32.6 Å². The molecule has 7 nitrogen and oxygen atoms in total. The van der Waals surface area contributed by atoms with Crippen molar-refractivity contribution >= 4 is 5.91 Å². The number of hydrogen-bond donors (Lipinski definition) is 4. The van der Waals surface area contributed by atoms with Crippen LogP contribution in [0.25, 0.3) is 0 Å². The predicted octanol–water partition coefficient (Wildman–Crippen LogP) is -1.45. The Bertz CT molecular complexity index is 513. The molecule has 2 rings (SSSR count). The number of aromatic nitrogens is 2. The van der Waals surface area contributed by atoms with E-state index in [1.165, 1.54) is 0 Å². The number of carbonyl (C=O) groups is 1. The molecule has 17 heavy (non-hydrogen) atoms. The zero-order valence-electron chi connectivity index (χ0n) is 9.21. The van der Waals surface area contributed by atoms with Crippen LogP contribution in [0.1, 0.15) is 23.2 Å². The van der Waals surface area contributed by atoms with Gasteiger partial charge in [0.1, 0.15) is 5.56 Å². The molecule has 4 N–H and O–H groups in total. The van der Waals surface area contributed by atoms with Crippen LogP contribution in [0.2, 0.25) is 0 Å². The van der Waals surface area contributed by atoms with Gasteiger partial charge in [-0.05, 0) is 19.4 Å². The van der Waals surface area contributed by atoms with Crippen LogP contribution >= 0.6 is 0 Å². The lowest BCUT2D eigenvalue weighted by molar-refractivity contribution is 0.0948. The molecule has 0 saturated carbocycles. The number of aromatic amines is 2. The number of H-pyrrole nitrogens is 2. The maximum Gasteiger partial charge on any atom is 0.325 e. The van der Waals surface area contributed by atoms with Crippen molar-refractivity contribution in [2.24, 2.45) is 0 Å². The second kappa shape index (κ2) is 4.96. The van der Waals surface area contributed by atoms with Gasteiger partial charge >= 0.3 is 5.69 Å². The first-order chi connectivity index (χ1) is 8.16. The van der Waals surface area contributed by atoms with Gasteiger partial charge in [0.15, 0.2) is 0 Å². The Morgan fingerprint density at radius 2 is 2.29 bits per heavy atom. The van der Waals surface area contributed by atoms with E-state index in [0.29, 0.717) is 6.54 Å². The number of carbonyl (C=O) groups excluding carboxylic acids is 1. The molecule has 7 heteroatoms. The van der Waals surface area contributed by atoms with Crippen LogP contribution in [0.5, 0.6) is 0 Å². The highest BCUT2D eigenvalue weighted by Crippen LogP contribution is 2.03. The summed E-state index contributed by atoms with van der Waals surface area (Å²) in [6, 6.07) is 0.265. The first-order valence-electron chi connectivity index (χ1n) is 5.50. The van der Waals surface area contributed by atoms with E-state index in [1.807, 2.05) is 4.98 Å². The maximum atomic E-state index is 11.7. The zero-order chi connectivity index (χ0) is 12.3. The van der Waals surface area contributed by atoms with E-state index in [2.05, 4.69) is 15.6 Å². The Morgan fingerprint density at radius 3 is 2.94 bits per heavy atom. The van der Waals surface area contributed by atoms with Crippen LogP contribution in [0.3, 0.4) is 0 Å². The molecule has 1 aromatic heterocycles. The van der Waals surface area contributed by atoms with Gasteiger partial charge in [0.2, 0.25) is 0 Å². The molecule has 0 radical (unpaired) electrons. The van der Waals surface area contributed by atoms with Gasteiger partial charge in [0, 0.05) is 18.8 Å². The van der Waals surface area contributed by atoms with Gasteiger partial charge in [-0.2, -0.15) is 0 Å². The smallest absolute Gasteiger partial charge is 0.325 e. The van der Waals surface area contributed by atoms with Crippen molar-refractivity contribution in [3.63, 3.8) is 0 Å². The van der Waals surface area contributed by atoms with Gasteiger partial charge in [-0.1, -0.05) is 0 Å². The van der Waals surface area contributed by atoms with Crippen LogP contribution < -0.4 is 21.9 Å². The topological polar surface area (TPSA) is 107 Å². The van der Waals surface area contributed by atoms with E-state index >= 15 is 0 Å².